The van der Waals surface area contributed by atoms with E-state index in [9.17, 15) is 9.59 Å². The lowest BCUT2D eigenvalue weighted by Gasteiger charge is -2.20. The van der Waals surface area contributed by atoms with Crippen LogP contribution in [0.2, 0.25) is 5.02 Å². The third-order valence-electron chi connectivity index (χ3n) is 4.88. The number of imidazole rings is 1. The molecule has 0 radical (unpaired) electrons. The second-order valence-electron chi connectivity index (χ2n) is 6.68. The number of fused-ring (bicyclic) bond motifs is 1. The van der Waals surface area contributed by atoms with E-state index in [1.165, 1.54) is 0 Å². The number of hydrogen-bond donors (Lipinski definition) is 1. The van der Waals surface area contributed by atoms with Crippen LogP contribution in [0, 0.1) is 0 Å². The molecule has 3 rings (SSSR count). The second-order valence-corrected chi connectivity index (χ2v) is 7.12. The zero-order valence-corrected chi connectivity index (χ0v) is 17.4. The predicted molar refractivity (Wildman–Crippen MR) is 115 cm³/mol. The molecular formula is C22H25ClN4O2. The minimum atomic E-state index is -0.163. The first-order chi connectivity index (χ1) is 14.0. The van der Waals surface area contributed by atoms with Crippen LogP contribution in [0.3, 0.4) is 0 Å². The number of benzene rings is 2. The summed E-state index contributed by atoms with van der Waals surface area (Å²) in [4.78, 5) is 31.5. The second kappa shape index (κ2) is 9.56. The molecule has 0 saturated heterocycles. The Morgan fingerprint density at radius 2 is 1.76 bits per heavy atom. The number of likely N-dealkylation sites (N-methyl/N-ethyl adjacent to an activating group) is 1. The quantitative estimate of drug-likeness (QED) is 0.615. The Morgan fingerprint density at radius 1 is 1.07 bits per heavy atom. The fourth-order valence-corrected chi connectivity index (χ4v) is 3.42. The Bertz CT molecular complexity index is 994. The minimum absolute atomic E-state index is 0.0598. The minimum Gasteiger partial charge on any atom is -0.352 e. The fourth-order valence-electron chi connectivity index (χ4n) is 3.30. The molecule has 0 aliphatic heterocycles. The van der Waals surface area contributed by atoms with Crippen LogP contribution in [0.4, 0.5) is 0 Å². The van der Waals surface area contributed by atoms with Gasteiger partial charge < -0.3 is 14.8 Å². The number of aromatic nitrogens is 2. The Kier molecular flexibility index (Phi) is 6.88. The Hall–Kier alpha value is -2.86. The average Bonchev–Trinajstić information content (AvgIpc) is 3.07. The Morgan fingerprint density at radius 3 is 2.45 bits per heavy atom. The summed E-state index contributed by atoms with van der Waals surface area (Å²) in [5.74, 6) is 0.677. The molecule has 0 fully saturated rings. The number of carbonyl (C=O) groups excluding carboxylic acids is 2. The van der Waals surface area contributed by atoms with Crippen LogP contribution in [0.15, 0.2) is 48.5 Å². The van der Waals surface area contributed by atoms with Crippen LogP contribution < -0.4 is 5.32 Å². The highest BCUT2D eigenvalue weighted by Crippen LogP contribution is 2.17. The number of halogens is 1. The van der Waals surface area contributed by atoms with Gasteiger partial charge in [-0.1, -0.05) is 23.7 Å². The molecule has 2 amide bonds. The number of nitrogens with zero attached hydrogens (tertiary/aromatic N) is 3. The molecule has 1 heterocycles. The summed E-state index contributed by atoms with van der Waals surface area (Å²) in [5.41, 5.74) is 2.32. The smallest absolute Gasteiger partial charge is 0.251 e. The van der Waals surface area contributed by atoms with Gasteiger partial charge in [-0.2, -0.15) is 0 Å². The van der Waals surface area contributed by atoms with Crippen molar-refractivity contribution in [3.05, 3.63) is 64.9 Å². The van der Waals surface area contributed by atoms with E-state index in [0.29, 0.717) is 36.6 Å². The highest BCUT2D eigenvalue weighted by atomic mass is 35.5. The van der Waals surface area contributed by atoms with Gasteiger partial charge in [-0.15, -0.1) is 0 Å². The first-order valence-corrected chi connectivity index (χ1v) is 10.2. The van der Waals surface area contributed by atoms with E-state index >= 15 is 0 Å². The molecule has 0 spiro atoms. The van der Waals surface area contributed by atoms with E-state index < -0.39 is 0 Å². The molecule has 152 valence electrons. The number of rotatable bonds is 8. The summed E-state index contributed by atoms with van der Waals surface area (Å²) < 4.78 is 1.95. The Balaban J connectivity index is 1.73. The van der Waals surface area contributed by atoms with Crippen LogP contribution >= 0.6 is 11.6 Å². The largest absolute Gasteiger partial charge is 0.352 e. The number of carbonyl (C=O) groups is 2. The molecule has 3 aromatic rings. The molecule has 0 unspecified atom stereocenters. The van der Waals surface area contributed by atoms with Gasteiger partial charge in [0.05, 0.1) is 11.0 Å². The number of para-hydroxylation sites is 2. The van der Waals surface area contributed by atoms with E-state index in [4.69, 9.17) is 11.6 Å². The number of hydrogen-bond acceptors (Lipinski definition) is 3. The molecule has 6 nitrogen and oxygen atoms in total. The summed E-state index contributed by atoms with van der Waals surface area (Å²) in [6.45, 7) is 5.96. The van der Waals surface area contributed by atoms with Crippen molar-refractivity contribution < 1.29 is 9.59 Å². The van der Waals surface area contributed by atoms with Crippen molar-refractivity contribution in [1.29, 1.82) is 0 Å². The molecule has 0 saturated carbocycles. The zero-order chi connectivity index (χ0) is 20.8. The molecule has 1 aromatic heterocycles. The third kappa shape index (κ3) is 4.95. The lowest BCUT2D eigenvalue weighted by molar-refractivity contribution is -0.131. The molecular weight excluding hydrogens is 388 g/mol. The van der Waals surface area contributed by atoms with Crippen molar-refractivity contribution >= 4 is 34.4 Å². The van der Waals surface area contributed by atoms with Crippen LogP contribution in [0.1, 0.15) is 30.0 Å². The summed E-state index contributed by atoms with van der Waals surface area (Å²) in [6.07, 6.45) is 0.527. The van der Waals surface area contributed by atoms with Crippen LogP contribution in [0.25, 0.3) is 11.0 Å². The van der Waals surface area contributed by atoms with Crippen LogP contribution in [-0.2, 0) is 17.8 Å². The topological polar surface area (TPSA) is 67.2 Å². The van der Waals surface area contributed by atoms with Crippen LogP contribution in [0.5, 0.6) is 0 Å². The Labute approximate surface area is 175 Å². The normalized spacial score (nSPS) is 10.9. The van der Waals surface area contributed by atoms with Gasteiger partial charge in [0, 0.05) is 36.6 Å². The van der Waals surface area contributed by atoms with E-state index in [-0.39, 0.29) is 18.4 Å². The molecule has 0 aliphatic carbocycles. The maximum atomic E-state index is 12.7. The van der Waals surface area contributed by atoms with Crippen molar-refractivity contribution in [2.24, 2.45) is 0 Å². The number of nitrogens with one attached hydrogen (secondary N) is 1. The lowest BCUT2D eigenvalue weighted by Crippen LogP contribution is -2.34. The molecule has 0 aliphatic rings. The zero-order valence-electron chi connectivity index (χ0n) is 16.7. The average molecular weight is 413 g/mol. The molecule has 29 heavy (non-hydrogen) atoms. The maximum absolute atomic E-state index is 12.7. The van der Waals surface area contributed by atoms with E-state index in [0.717, 1.165) is 16.9 Å². The van der Waals surface area contributed by atoms with E-state index in [2.05, 4.69) is 10.3 Å². The van der Waals surface area contributed by atoms with Gasteiger partial charge in [0.1, 0.15) is 12.4 Å². The van der Waals surface area contributed by atoms with Gasteiger partial charge in [-0.3, -0.25) is 9.59 Å². The first-order valence-electron chi connectivity index (χ1n) is 9.79. The van der Waals surface area contributed by atoms with Gasteiger partial charge in [0.25, 0.3) is 5.91 Å². The van der Waals surface area contributed by atoms with Crippen LogP contribution in [-0.4, -0.2) is 45.9 Å². The number of amides is 2. The lowest BCUT2D eigenvalue weighted by atomic mass is 10.2. The van der Waals surface area contributed by atoms with Crippen molar-refractivity contribution in [3.63, 3.8) is 0 Å². The molecule has 1 N–H and O–H groups in total. The SMILES string of the molecule is CCN(CC)C(=O)Cn1c(CCNC(=O)c2ccc(Cl)cc2)nc2ccccc21. The highest BCUT2D eigenvalue weighted by Gasteiger charge is 2.16. The maximum Gasteiger partial charge on any atom is 0.251 e. The standard InChI is InChI=1S/C22H25ClN4O2/c1-3-26(4-2)21(28)15-27-19-8-6-5-7-18(19)25-20(27)13-14-24-22(29)16-9-11-17(23)12-10-16/h5-12H,3-4,13-15H2,1-2H3,(H,24,29). The summed E-state index contributed by atoms with van der Waals surface area (Å²) >= 11 is 5.87. The van der Waals surface area contributed by atoms with Gasteiger partial charge in [-0.05, 0) is 50.2 Å². The molecule has 7 heteroatoms. The van der Waals surface area contributed by atoms with Crippen molar-refractivity contribution in [1.82, 2.24) is 19.8 Å². The van der Waals surface area contributed by atoms with Gasteiger partial charge in [-0.25, -0.2) is 4.98 Å². The summed E-state index contributed by atoms with van der Waals surface area (Å²) in [6, 6.07) is 14.5. The third-order valence-corrected chi connectivity index (χ3v) is 5.14. The monoisotopic (exact) mass is 412 g/mol. The first kappa shape index (κ1) is 20.9. The van der Waals surface area contributed by atoms with Crippen molar-refractivity contribution in [2.75, 3.05) is 19.6 Å². The van der Waals surface area contributed by atoms with Crippen molar-refractivity contribution in [3.8, 4) is 0 Å². The molecule has 0 bridgehead atoms. The van der Waals surface area contributed by atoms with Crippen molar-refractivity contribution in [2.45, 2.75) is 26.8 Å². The van der Waals surface area contributed by atoms with Gasteiger partial charge in [0.2, 0.25) is 5.91 Å². The van der Waals surface area contributed by atoms with E-state index in [1.807, 2.05) is 42.7 Å². The fraction of sp³-hybridized carbons (Fsp3) is 0.318. The van der Waals surface area contributed by atoms with Gasteiger partial charge >= 0.3 is 0 Å². The van der Waals surface area contributed by atoms with E-state index in [1.54, 1.807) is 29.2 Å². The molecule has 0 atom stereocenters. The summed E-state index contributed by atoms with van der Waals surface area (Å²) in [5, 5.41) is 3.50. The molecule has 2 aromatic carbocycles. The summed E-state index contributed by atoms with van der Waals surface area (Å²) in [7, 11) is 0. The van der Waals surface area contributed by atoms with Gasteiger partial charge in [0.15, 0.2) is 0 Å². The highest BCUT2D eigenvalue weighted by molar-refractivity contribution is 6.30. The predicted octanol–water partition coefficient (Wildman–Crippen LogP) is 3.53.